The Balaban J connectivity index is 2.10. The van der Waals surface area contributed by atoms with Gasteiger partial charge in [0.2, 0.25) is 5.91 Å². The molecule has 0 aromatic heterocycles. The van der Waals surface area contributed by atoms with Gasteiger partial charge >= 0.3 is 5.97 Å². The maximum Gasteiger partial charge on any atom is 0.329 e. The van der Waals surface area contributed by atoms with Crippen molar-refractivity contribution in [1.29, 1.82) is 0 Å². The smallest absolute Gasteiger partial charge is 0.329 e. The minimum absolute atomic E-state index is 0.267. The minimum Gasteiger partial charge on any atom is -0.492 e. The van der Waals surface area contributed by atoms with Crippen LogP contribution >= 0.6 is 0 Å². The first-order chi connectivity index (χ1) is 9.08. The van der Waals surface area contributed by atoms with Gasteiger partial charge in [0.15, 0.2) is 0 Å². The first-order valence-corrected chi connectivity index (χ1v) is 5.83. The summed E-state index contributed by atoms with van der Waals surface area (Å²) >= 11 is 0. The molecule has 0 heterocycles. The average Bonchev–Trinajstić information content (AvgIpc) is 2.34. The molecule has 0 aliphatic carbocycles. The summed E-state index contributed by atoms with van der Waals surface area (Å²) in [5.41, 5.74) is 1.10. The minimum atomic E-state index is -1.10. The molecule has 0 fully saturated rings. The molecule has 0 spiro atoms. The van der Waals surface area contributed by atoms with E-state index in [2.05, 4.69) is 10.1 Å². The van der Waals surface area contributed by atoms with Crippen LogP contribution in [0.4, 0.5) is 0 Å². The van der Waals surface area contributed by atoms with E-state index in [-0.39, 0.29) is 12.5 Å². The normalized spacial score (nSPS) is 9.95. The molecule has 0 unspecified atom stereocenters. The summed E-state index contributed by atoms with van der Waals surface area (Å²) in [6.45, 7) is 1.90. The molecule has 6 nitrogen and oxygen atoms in total. The number of carboxylic acids is 1. The number of rotatable bonds is 8. The Morgan fingerprint density at radius 2 is 2.11 bits per heavy atom. The molecule has 2 N–H and O–H groups in total. The van der Waals surface area contributed by atoms with Crippen molar-refractivity contribution in [1.82, 2.24) is 5.32 Å². The van der Waals surface area contributed by atoms with Crippen molar-refractivity contribution in [2.75, 3.05) is 26.4 Å². The van der Waals surface area contributed by atoms with E-state index < -0.39 is 12.6 Å². The number of benzene rings is 1. The van der Waals surface area contributed by atoms with Gasteiger partial charge in [0.05, 0.1) is 6.54 Å². The number of carbonyl (C=O) groups excluding carboxylic acids is 1. The van der Waals surface area contributed by atoms with Crippen LogP contribution in [0.15, 0.2) is 24.3 Å². The lowest BCUT2D eigenvalue weighted by atomic mass is 10.2. The predicted molar refractivity (Wildman–Crippen MR) is 68.1 cm³/mol. The number of carboxylic acid groups (broad SMARTS) is 1. The summed E-state index contributed by atoms with van der Waals surface area (Å²) in [7, 11) is 0. The third kappa shape index (κ3) is 7.05. The highest BCUT2D eigenvalue weighted by Gasteiger charge is 2.03. The molecule has 1 amide bonds. The Kier molecular flexibility index (Phi) is 6.38. The average molecular weight is 267 g/mol. The van der Waals surface area contributed by atoms with Crippen LogP contribution in [0.25, 0.3) is 0 Å². The van der Waals surface area contributed by atoms with Gasteiger partial charge in [-0.05, 0) is 24.6 Å². The zero-order valence-corrected chi connectivity index (χ0v) is 10.7. The van der Waals surface area contributed by atoms with E-state index in [9.17, 15) is 9.59 Å². The van der Waals surface area contributed by atoms with E-state index >= 15 is 0 Å². The first kappa shape index (κ1) is 15.0. The van der Waals surface area contributed by atoms with Crippen molar-refractivity contribution >= 4 is 11.9 Å². The molecule has 0 aliphatic heterocycles. The van der Waals surface area contributed by atoms with Crippen LogP contribution < -0.4 is 10.1 Å². The summed E-state index contributed by atoms with van der Waals surface area (Å²) < 4.78 is 10.1. The Morgan fingerprint density at radius 1 is 1.32 bits per heavy atom. The third-order valence-corrected chi connectivity index (χ3v) is 2.14. The second kappa shape index (κ2) is 8.10. The predicted octanol–water partition coefficient (Wildman–Crippen LogP) is 0.591. The van der Waals surface area contributed by atoms with E-state index in [4.69, 9.17) is 9.84 Å². The van der Waals surface area contributed by atoms with Gasteiger partial charge in [-0.15, -0.1) is 0 Å². The Bertz CT molecular complexity index is 433. The van der Waals surface area contributed by atoms with Gasteiger partial charge in [0.25, 0.3) is 0 Å². The Hall–Kier alpha value is -2.08. The molecular weight excluding hydrogens is 250 g/mol. The number of nitrogens with one attached hydrogen (secondary N) is 1. The number of aryl methyl sites for hydroxylation is 1. The second-order valence-electron chi connectivity index (χ2n) is 3.90. The van der Waals surface area contributed by atoms with Gasteiger partial charge in [-0.2, -0.15) is 0 Å². The molecule has 1 rings (SSSR count). The fraction of sp³-hybridized carbons (Fsp3) is 0.385. The van der Waals surface area contributed by atoms with Crippen LogP contribution in [0.2, 0.25) is 0 Å². The van der Waals surface area contributed by atoms with E-state index in [1.165, 1.54) is 0 Å². The molecule has 19 heavy (non-hydrogen) atoms. The van der Waals surface area contributed by atoms with E-state index in [1.807, 2.05) is 31.2 Å². The fourth-order valence-electron chi connectivity index (χ4n) is 1.35. The van der Waals surface area contributed by atoms with Crippen LogP contribution in [0.3, 0.4) is 0 Å². The van der Waals surface area contributed by atoms with Crippen LogP contribution in [-0.2, 0) is 14.3 Å². The molecule has 1 aromatic rings. The largest absolute Gasteiger partial charge is 0.492 e. The second-order valence-corrected chi connectivity index (χ2v) is 3.90. The van der Waals surface area contributed by atoms with E-state index in [1.54, 1.807) is 0 Å². The molecule has 0 saturated carbocycles. The van der Waals surface area contributed by atoms with Crippen LogP contribution in [0, 0.1) is 6.92 Å². The maximum atomic E-state index is 11.2. The highest BCUT2D eigenvalue weighted by Crippen LogP contribution is 2.11. The lowest BCUT2D eigenvalue weighted by Crippen LogP contribution is -2.31. The van der Waals surface area contributed by atoms with Crippen molar-refractivity contribution in [3.8, 4) is 5.75 Å². The van der Waals surface area contributed by atoms with Crippen LogP contribution in [-0.4, -0.2) is 43.3 Å². The van der Waals surface area contributed by atoms with Crippen molar-refractivity contribution in [2.24, 2.45) is 0 Å². The quantitative estimate of drug-likeness (QED) is 0.673. The lowest BCUT2D eigenvalue weighted by molar-refractivity contribution is -0.143. The standard InChI is InChI=1S/C13H17NO5/c1-10-3-2-4-11(7-10)19-6-5-14-12(15)8-18-9-13(16)17/h2-4,7H,5-6,8-9H2,1H3,(H,14,15)(H,16,17). The fourth-order valence-corrected chi connectivity index (χ4v) is 1.35. The number of carbonyl (C=O) groups is 2. The number of ether oxygens (including phenoxy) is 2. The first-order valence-electron chi connectivity index (χ1n) is 5.83. The van der Waals surface area contributed by atoms with Crippen molar-refractivity contribution in [2.45, 2.75) is 6.92 Å². The summed E-state index contributed by atoms with van der Waals surface area (Å²) in [4.78, 5) is 21.4. The highest BCUT2D eigenvalue weighted by atomic mass is 16.5. The van der Waals surface area contributed by atoms with Gasteiger partial charge in [0.1, 0.15) is 25.6 Å². The van der Waals surface area contributed by atoms with Gasteiger partial charge in [-0.3, -0.25) is 4.79 Å². The molecule has 0 atom stereocenters. The van der Waals surface area contributed by atoms with Crippen molar-refractivity contribution in [3.63, 3.8) is 0 Å². The molecule has 0 radical (unpaired) electrons. The van der Waals surface area contributed by atoms with Crippen LogP contribution in [0.5, 0.6) is 5.75 Å². The maximum absolute atomic E-state index is 11.2. The number of hydrogen-bond donors (Lipinski definition) is 2. The molecule has 0 saturated heterocycles. The van der Waals surface area contributed by atoms with Crippen molar-refractivity contribution < 1.29 is 24.2 Å². The summed E-state index contributed by atoms with van der Waals surface area (Å²) in [5, 5.41) is 10.9. The SMILES string of the molecule is Cc1cccc(OCCNC(=O)COCC(=O)O)c1. The lowest BCUT2D eigenvalue weighted by Gasteiger charge is -2.08. The van der Waals surface area contributed by atoms with Gasteiger partial charge in [0, 0.05) is 0 Å². The van der Waals surface area contributed by atoms with Gasteiger partial charge < -0.3 is 19.9 Å². The Morgan fingerprint density at radius 3 is 2.79 bits per heavy atom. The zero-order chi connectivity index (χ0) is 14.1. The van der Waals surface area contributed by atoms with Crippen molar-refractivity contribution in [3.05, 3.63) is 29.8 Å². The zero-order valence-electron chi connectivity index (χ0n) is 10.7. The number of hydrogen-bond acceptors (Lipinski definition) is 4. The molecule has 0 bridgehead atoms. The summed E-state index contributed by atoms with van der Waals surface area (Å²) in [6.07, 6.45) is 0. The molecule has 0 aliphatic rings. The monoisotopic (exact) mass is 267 g/mol. The van der Waals surface area contributed by atoms with E-state index in [0.29, 0.717) is 13.2 Å². The Labute approximate surface area is 111 Å². The van der Waals surface area contributed by atoms with Gasteiger partial charge in [-0.1, -0.05) is 12.1 Å². The van der Waals surface area contributed by atoms with E-state index in [0.717, 1.165) is 11.3 Å². The molecule has 104 valence electrons. The topological polar surface area (TPSA) is 84.9 Å². The molecule has 1 aromatic carbocycles. The summed E-state index contributed by atoms with van der Waals surface area (Å²) in [5.74, 6) is -0.721. The third-order valence-electron chi connectivity index (χ3n) is 2.14. The molecule has 6 heteroatoms. The van der Waals surface area contributed by atoms with Crippen LogP contribution in [0.1, 0.15) is 5.56 Å². The highest BCUT2D eigenvalue weighted by molar-refractivity contribution is 5.77. The number of aliphatic carboxylic acids is 1. The van der Waals surface area contributed by atoms with Gasteiger partial charge in [-0.25, -0.2) is 4.79 Å². The molecular formula is C13H17NO5. The number of amides is 1. The summed E-state index contributed by atoms with van der Waals surface area (Å²) in [6, 6.07) is 7.60.